The maximum Gasteiger partial charge on any atom is 0.270 e. The lowest BCUT2D eigenvalue weighted by molar-refractivity contribution is -0.385. The number of benzene rings is 2. The number of nitrogens with zero attached hydrogens (tertiary/aromatic N) is 1. The quantitative estimate of drug-likeness (QED) is 0.670. The second kappa shape index (κ2) is 5.92. The smallest absolute Gasteiger partial charge is 0.270 e. The fourth-order valence-corrected chi connectivity index (χ4v) is 1.73. The zero-order chi connectivity index (χ0) is 14.5. The molecule has 0 saturated heterocycles. The van der Waals surface area contributed by atoms with E-state index in [-0.39, 0.29) is 18.0 Å². The monoisotopic (exact) mass is 275 g/mol. The van der Waals surface area contributed by atoms with Crippen molar-refractivity contribution >= 4 is 5.69 Å². The number of nitro benzene ring substituents is 1. The predicted octanol–water partition coefficient (Wildman–Crippen LogP) is 2.89. The van der Waals surface area contributed by atoms with Gasteiger partial charge in [-0.1, -0.05) is 12.1 Å². The first kappa shape index (κ1) is 13.7. The van der Waals surface area contributed by atoms with E-state index in [1.165, 1.54) is 31.4 Å². The van der Waals surface area contributed by atoms with Gasteiger partial charge in [-0.3, -0.25) is 10.1 Å². The van der Waals surface area contributed by atoms with Crippen molar-refractivity contribution in [3.63, 3.8) is 0 Å². The normalized spacial score (nSPS) is 10.1. The van der Waals surface area contributed by atoms with Crippen molar-refractivity contribution in [2.45, 2.75) is 6.61 Å². The number of methoxy groups -OCH3 is 1. The van der Waals surface area contributed by atoms with Crippen molar-refractivity contribution in [2.24, 2.45) is 0 Å². The highest BCUT2D eigenvalue weighted by atomic mass is 16.6. The molecule has 2 aromatic rings. The van der Waals surface area contributed by atoms with Gasteiger partial charge in [-0.05, 0) is 18.2 Å². The number of non-ortho nitro benzene ring substituents is 1. The van der Waals surface area contributed by atoms with Crippen molar-refractivity contribution in [2.75, 3.05) is 7.11 Å². The molecule has 0 saturated carbocycles. The fourth-order valence-electron chi connectivity index (χ4n) is 1.73. The van der Waals surface area contributed by atoms with E-state index in [1.54, 1.807) is 18.2 Å². The Labute approximate surface area is 115 Å². The Morgan fingerprint density at radius 3 is 2.60 bits per heavy atom. The van der Waals surface area contributed by atoms with Gasteiger partial charge in [0.05, 0.1) is 12.0 Å². The molecule has 0 aliphatic heterocycles. The summed E-state index contributed by atoms with van der Waals surface area (Å²) >= 11 is 0. The molecule has 0 fully saturated rings. The first-order valence-corrected chi connectivity index (χ1v) is 5.84. The van der Waals surface area contributed by atoms with Crippen molar-refractivity contribution in [1.29, 1.82) is 0 Å². The standard InChI is InChI=1S/C14H13NO5/c1-19-13-7-6-11(15(17)18)8-10(13)9-20-14-5-3-2-4-12(14)16/h2-8,16H,9H2,1H3. The van der Waals surface area contributed by atoms with Gasteiger partial charge in [-0.15, -0.1) is 0 Å². The number of rotatable bonds is 5. The van der Waals surface area contributed by atoms with E-state index in [0.717, 1.165) is 0 Å². The van der Waals surface area contributed by atoms with Crippen LogP contribution in [0.1, 0.15) is 5.56 Å². The van der Waals surface area contributed by atoms with Crippen LogP contribution in [0.2, 0.25) is 0 Å². The van der Waals surface area contributed by atoms with Gasteiger partial charge in [0.15, 0.2) is 11.5 Å². The summed E-state index contributed by atoms with van der Waals surface area (Å²) in [5, 5.41) is 20.4. The summed E-state index contributed by atoms with van der Waals surface area (Å²) in [6, 6.07) is 10.8. The summed E-state index contributed by atoms with van der Waals surface area (Å²) in [7, 11) is 1.48. The van der Waals surface area contributed by atoms with Crippen molar-refractivity contribution in [1.82, 2.24) is 0 Å². The second-order valence-corrected chi connectivity index (χ2v) is 4.01. The Kier molecular flexibility index (Phi) is 4.05. The molecule has 0 amide bonds. The molecule has 0 aliphatic carbocycles. The van der Waals surface area contributed by atoms with Gasteiger partial charge in [-0.25, -0.2) is 0 Å². The van der Waals surface area contributed by atoms with Crippen LogP contribution >= 0.6 is 0 Å². The predicted molar refractivity (Wildman–Crippen MR) is 72.1 cm³/mol. The third-order valence-electron chi connectivity index (χ3n) is 2.72. The maximum absolute atomic E-state index is 10.8. The molecule has 0 bridgehead atoms. The lowest BCUT2D eigenvalue weighted by Crippen LogP contribution is -2.00. The van der Waals surface area contributed by atoms with Crippen LogP contribution in [0.4, 0.5) is 5.69 Å². The second-order valence-electron chi connectivity index (χ2n) is 4.01. The van der Waals surface area contributed by atoms with Crippen LogP contribution in [0.15, 0.2) is 42.5 Å². The summed E-state index contributed by atoms with van der Waals surface area (Å²) in [5.74, 6) is 0.809. The van der Waals surface area contributed by atoms with E-state index in [9.17, 15) is 15.2 Å². The maximum atomic E-state index is 10.8. The minimum atomic E-state index is -0.483. The third-order valence-corrected chi connectivity index (χ3v) is 2.72. The highest BCUT2D eigenvalue weighted by Gasteiger charge is 2.12. The number of nitro groups is 1. The molecule has 2 rings (SSSR count). The molecule has 0 atom stereocenters. The third kappa shape index (κ3) is 2.97. The average molecular weight is 275 g/mol. The number of hydrogen-bond donors (Lipinski definition) is 1. The average Bonchev–Trinajstić information content (AvgIpc) is 2.46. The van der Waals surface area contributed by atoms with Crippen LogP contribution in [0.25, 0.3) is 0 Å². The Morgan fingerprint density at radius 1 is 1.20 bits per heavy atom. The minimum absolute atomic E-state index is 0.0110. The van der Waals surface area contributed by atoms with Crippen LogP contribution in [0.5, 0.6) is 17.2 Å². The molecular formula is C14H13NO5. The molecule has 6 heteroatoms. The lowest BCUT2D eigenvalue weighted by atomic mass is 10.2. The fraction of sp³-hybridized carbons (Fsp3) is 0.143. The van der Waals surface area contributed by atoms with Gasteiger partial charge in [0, 0.05) is 17.7 Å². The molecule has 1 N–H and O–H groups in total. The summed E-state index contributed by atoms with van der Waals surface area (Å²) in [6.45, 7) is 0.0580. The largest absolute Gasteiger partial charge is 0.504 e. The lowest BCUT2D eigenvalue weighted by Gasteiger charge is -2.11. The first-order valence-electron chi connectivity index (χ1n) is 5.84. The van der Waals surface area contributed by atoms with Gasteiger partial charge in [0.25, 0.3) is 5.69 Å². The van der Waals surface area contributed by atoms with Gasteiger partial charge in [-0.2, -0.15) is 0 Å². The molecule has 0 aliphatic rings. The van der Waals surface area contributed by atoms with Crippen molar-refractivity contribution in [3.05, 3.63) is 58.1 Å². The van der Waals surface area contributed by atoms with E-state index in [1.807, 2.05) is 0 Å². The zero-order valence-electron chi connectivity index (χ0n) is 10.8. The topological polar surface area (TPSA) is 81.8 Å². The number of hydrogen-bond acceptors (Lipinski definition) is 5. The van der Waals surface area contributed by atoms with Crippen molar-refractivity contribution < 1.29 is 19.5 Å². The minimum Gasteiger partial charge on any atom is -0.504 e. The van der Waals surface area contributed by atoms with Crippen LogP contribution in [0.3, 0.4) is 0 Å². The molecule has 0 aromatic heterocycles. The molecule has 20 heavy (non-hydrogen) atoms. The van der Waals surface area contributed by atoms with E-state index < -0.39 is 4.92 Å². The zero-order valence-corrected chi connectivity index (χ0v) is 10.8. The van der Waals surface area contributed by atoms with E-state index >= 15 is 0 Å². The van der Waals surface area contributed by atoms with Crippen LogP contribution in [0, 0.1) is 10.1 Å². The first-order chi connectivity index (χ1) is 9.61. The molecule has 104 valence electrons. The van der Waals surface area contributed by atoms with Crippen LogP contribution in [-0.2, 0) is 6.61 Å². The summed E-state index contributed by atoms with van der Waals surface area (Å²) in [6.07, 6.45) is 0. The number of para-hydroxylation sites is 2. The van der Waals surface area contributed by atoms with Crippen LogP contribution < -0.4 is 9.47 Å². The molecule has 0 spiro atoms. The highest BCUT2D eigenvalue weighted by molar-refractivity contribution is 5.44. The Bertz CT molecular complexity index is 627. The Balaban J connectivity index is 2.22. The highest BCUT2D eigenvalue weighted by Crippen LogP contribution is 2.28. The molecule has 2 aromatic carbocycles. The Morgan fingerprint density at radius 2 is 1.95 bits per heavy atom. The summed E-state index contributed by atoms with van der Waals surface area (Å²) in [5.41, 5.74) is 0.492. The van der Waals surface area contributed by atoms with E-state index in [2.05, 4.69) is 0 Å². The summed E-state index contributed by atoms with van der Waals surface area (Å²) < 4.78 is 10.6. The molecule has 0 radical (unpaired) electrons. The molecular weight excluding hydrogens is 262 g/mol. The van der Waals surface area contributed by atoms with Gasteiger partial charge in [0.2, 0.25) is 0 Å². The van der Waals surface area contributed by atoms with Gasteiger partial charge >= 0.3 is 0 Å². The number of phenolic OH excluding ortho intramolecular Hbond substituents is 1. The number of ether oxygens (including phenoxy) is 2. The van der Waals surface area contributed by atoms with Gasteiger partial charge in [0.1, 0.15) is 12.4 Å². The van der Waals surface area contributed by atoms with E-state index in [0.29, 0.717) is 17.1 Å². The SMILES string of the molecule is COc1ccc([N+](=O)[O-])cc1COc1ccccc1O. The van der Waals surface area contributed by atoms with Crippen molar-refractivity contribution in [3.8, 4) is 17.2 Å². The van der Waals surface area contributed by atoms with Crippen LogP contribution in [-0.4, -0.2) is 17.1 Å². The Hall–Kier alpha value is -2.76. The molecule has 6 nitrogen and oxygen atoms in total. The molecule has 0 heterocycles. The van der Waals surface area contributed by atoms with E-state index in [4.69, 9.17) is 9.47 Å². The number of aromatic hydroxyl groups is 1. The van der Waals surface area contributed by atoms with Gasteiger partial charge < -0.3 is 14.6 Å². The number of phenols is 1. The molecule has 0 unspecified atom stereocenters. The summed E-state index contributed by atoms with van der Waals surface area (Å²) in [4.78, 5) is 10.3.